The molecule has 6 nitrogen and oxygen atoms in total. The number of carbonyl (C=O) groups is 1. The molecule has 8 heteroatoms. The molecule has 2 heterocycles. The second-order valence-corrected chi connectivity index (χ2v) is 12.3. The Morgan fingerprint density at radius 2 is 1.69 bits per heavy atom. The number of unbranched alkanes of at least 4 members (excludes halogenated alkanes) is 5. The summed E-state index contributed by atoms with van der Waals surface area (Å²) in [5, 5.41) is 16.8. The predicted molar refractivity (Wildman–Crippen MR) is 146 cm³/mol. The average Bonchev–Trinajstić information content (AvgIpc) is 3.08. The maximum atomic E-state index is 10.2. The zero-order valence-electron chi connectivity index (χ0n) is 22.2. The lowest BCUT2D eigenvalue weighted by atomic mass is 9.71. The summed E-state index contributed by atoms with van der Waals surface area (Å²) in [4.78, 5) is 12.8. The van der Waals surface area contributed by atoms with Gasteiger partial charge in [-0.2, -0.15) is 0 Å². The van der Waals surface area contributed by atoms with E-state index in [-0.39, 0.29) is 11.1 Å². The molecule has 2 aliphatic heterocycles. The van der Waals surface area contributed by atoms with Crippen LogP contribution in [0, 0.1) is 0 Å². The van der Waals surface area contributed by atoms with Gasteiger partial charge in [-0.05, 0) is 71.7 Å². The van der Waals surface area contributed by atoms with Crippen LogP contribution in [0.15, 0.2) is 18.2 Å². The SMILES string of the molecule is CCCCCCCCN1CNC2(C1)CC(C)(C)NC(C)(C)C2.O=C(O)COc1ccc(Cl)cc1Cl. The van der Waals surface area contributed by atoms with Crippen LogP contribution < -0.4 is 15.4 Å². The zero-order chi connectivity index (χ0) is 26.1. The van der Waals surface area contributed by atoms with Crippen LogP contribution in [-0.4, -0.2) is 59.0 Å². The molecule has 1 aromatic rings. The van der Waals surface area contributed by atoms with Crippen molar-refractivity contribution in [3.8, 4) is 5.75 Å². The molecule has 1 spiro atoms. The molecule has 35 heavy (non-hydrogen) atoms. The fourth-order valence-corrected chi connectivity index (χ4v) is 6.28. The van der Waals surface area contributed by atoms with Crippen LogP contribution in [0.1, 0.15) is 86.0 Å². The molecule has 0 aromatic heterocycles. The van der Waals surface area contributed by atoms with E-state index < -0.39 is 12.6 Å². The number of nitrogens with one attached hydrogen (secondary N) is 2. The lowest BCUT2D eigenvalue weighted by Crippen LogP contribution is -2.67. The van der Waals surface area contributed by atoms with Crippen LogP contribution in [0.5, 0.6) is 5.75 Å². The summed E-state index contributed by atoms with van der Waals surface area (Å²) in [5.74, 6) is -0.737. The number of aliphatic carboxylic acids is 1. The zero-order valence-corrected chi connectivity index (χ0v) is 23.7. The van der Waals surface area contributed by atoms with Gasteiger partial charge in [-0.1, -0.05) is 62.2 Å². The Morgan fingerprint density at radius 1 is 1.06 bits per heavy atom. The maximum absolute atomic E-state index is 10.2. The highest BCUT2D eigenvalue weighted by atomic mass is 35.5. The molecule has 3 rings (SSSR count). The van der Waals surface area contributed by atoms with Gasteiger partial charge in [0.25, 0.3) is 0 Å². The van der Waals surface area contributed by atoms with E-state index in [0.717, 1.165) is 6.67 Å². The number of halogens is 2. The molecular formula is C27H45Cl2N3O3. The highest BCUT2D eigenvalue weighted by Crippen LogP contribution is 2.38. The van der Waals surface area contributed by atoms with E-state index in [9.17, 15) is 4.79 Å². The van der Waals surface area contributed by atoms with Gasteiger partial charge in [-0.15, -0.1) is 0 Å². The summed E-state index contributed by atoms with van der Waals surface area (Å²) in [7, 11) is 0. The summed E-state index contributed by atoms with van der Waals surface area (Å²) < 4.78 is 4.86. The molecule has 0 radical (unpaired) electrons. The molecule has 0 atom stereocenters. The molecule has 0 amide bonds. The lowest BCUT2D eigenvalue weighted by Gasteiger charge is -2.51. The van der Waals surface area contributed by atoms with Gasteiger partial charge < -0.3 is 15.2 Å². The molecule has 200 valence electrons. The van der Waals surface area contributed by atoms with Gasteiger partial charge in [0.05, 0.1) is 5.02 Å². The van der Waals surface area contributed by atoms with Gasteiger partial charge in [0, 0.05) is 34.9 Å². The maximum Gasteiger partial charge on any atom is 0.341 e. The largest absolute Gasteiger partial charge is 0.480 e. The molecule has 0 bridgehead atoms. The third kappa shape index (κ3) is 10.8. The van der Waals surface area contributed by atoms with E-state index in [2.05, 4.69) is 50.2 Å². The summed E-state index contributed by atoms with van der Waals surface area (Å²) in [6.07, 6.45) is 10.8. The van der Waals surface area contributed by atoms with Crippen molar-refractivity contribution in [2.75, 3.05) is 26.4 Å². The van der Waals surface area contributed by atoms with Gasteiger partial charge >= 0.3 is 5.97 Å². The number of rotatable bonds is 10. The average molecular weight is 531 g/mol. The minimum atomic E-state index is -1.05. The first-order valence-corrected chi connectivity index (χ1v) is 13.7. The third-order valence-electron chi connectivity index (χ3n) is 6.51. The van der Waals surface area contributed by atoms with Crippen molar-refractivity contribution in [2.45, 2.75) is 103 Å². The number of hydrogen-bond acceptors (Lipinski definition) is 5. The fraction of sp³-hybridized carbons (Fsp3) is 0.741. The molecular weight excluding hydrogens is 485 g/mol. The number of piperidine rings is 1. The highest BCUT2D eigenvalue weighted by Gasteiger charge is 2.49. The minimum absolute atomic E-state index is 0.227. The summed E-state index contributed by atoms with van der Waals surface area (Å²) in [6.45, 7) is 14.9. The van der Waals surface area contributed by atoms with E-state index in [4.69, 9.17) is 33.0 Å². The van der Waals surface area contributed by atoms with Crippen LogP contribution in [0.2, 0.25) is 10.0 Å². The van der Waals surface area contributed by atoms with Crippen molar-refractivity contribution in [1.29, 1.82) is 0 Å². The minimum Gasteiger partial charge on any atom is -0.480 e. The number of ether oxygens (including phenoxy) is 1. The summed E-state index contributed by atoms with van der Waals surface area (Å²) >= 11 is 11.3. The van der Waals surface area contributed by atoms with Crippen LogP contribution in [0.25, 0.3) is 0 Å². The second kappa shape index (κ2) is 13.5. The summed E-state index contributed by atoms with van der Waals surface area (Å²) in [5.41, 5.74) is 0.774. The number of hydrogen-bond donors (Lipinski definition) is 3. The Balaban J connectivity index is 0.000000283. The van der Waals surface area contributed by atoms with Gasteiger partial charge in [0.2, 0.25) is 0 Å². The molecule has 0 aliphatic carbocycles. The van der Waals surface area contributed by atoms with Crippen LogP contribution in [-0.2, 0) is 4.79 Å². The van der Waals surface area contributed by atoms with Gasteiger partial charge in [0.15, 0.2) is 6.61 Å². The van der Waals surface area contributed by atoms with Crippen molar-refractivity contribution in [3.05, 3.63) is 28.2 Å². The quantitative estimate of drug-likeness (QED) is 0.307. The number of carboxylic acid groups (broad SMARTS) is 1. The van der Waals surface area contributed by atoms with Crippen molar-refractivity contribution in [3.63, 3.8) is 0 Å². The van der Waals surface area contributed by atoms with Crippen molar-refractivity contribution >= 4 is 29.2 Å². The van der Waals surface area contributed by atoms with Crippen molar-refractivity contribution < 1.29 is 14.6 Å². The number of nitrogens with zero attached hydrogens (tertiary/aromatic N) is 1. The van der Waals surface area contributed by atoms with Gasteiger partial charge in [-0.3, -0.25) is 10.2 Å². The number of benzene rings is 1. The first kappa shape index (κ1) is 30.2. The normalized spacial score (nSPS) is 20.3. The Kier molecular flexibility index (Phi) is 11.6. The molecule has 2 saturated heterocycles. The number of carboxylic acids is 1. The van der Waals surface area contributed by atoms with E-state index in [1.54, 1.807) is 6.07 Å². The highest BCUT2D eigenvalue weighted by molar-refractivity contribution is 6.35. The molecule has 3 N–H and O–H groups in total. The van der Waals surface area contributed by atoms with Crippen LogP contribution in [0.4, 0.5) is 0 Å². The van der Waals surface area contributed by atoms with E-state index in [0.29, 0.717) is 21.3 Å². The van der Waals surface area contributed by atoms with Crippen LogP contribution in [0.3, 0.4) is 0 Å². The molecule has 1 aromatic carbocycles. The third-order valence-corrected chi connectivity index (χ3v) is 7.04. The smallest absolute Gasteiger partial charge is 0.341 e. The van der Waals surface area contributed by atoms with E-state index >= 15 is 0 Å². The van der Waals surface area contributed by atoms with Gasteiger partial charge in [0.1, 0.15) is 5.75 Å². The topological polar surface area (TPSA) is 73.8 Å². The molecule has 2 fully saturated rings. The fourth-order valence-electron chi connectivity index (χ4n) is 5.82. The Labute approximate surface area is 222 Å². The standard InChI is InChI=1S/C19H39N3.C8H6Cl2O3/c1-6-7-8-9-10-11-12-22-15-19(20-16-22)13-17(2,3)21-18(4,5)14-19;9-5-1-2-7(6(10)3-5)13-4-8(11)12/h20-21H,6-16H2,1-5H3;1-3H,4H2,(H,11,12). The Hall–Kier alpha value is -1.05. The van der Waals surface area contributed by atoms with Crippen LogP contribution >= 0.6 is 23.2 Å². The predicted octanol–water partition coefficient (Wildman–Crippen LogP) is 6.35. The van der Waals surface area contributed by atoms with Crippen molar-refractivity contribution in [1.82, 2.24) is 15.5 Å². The Bertz CT molecular complexity index is 801. The van der Waals surface area contributed by atoms with E-state index in [1.165, 1.54) is 76.6 Å². The summed E-state index contributed by atoms with van der Waals surface area (Å²) in [6, 6.07) is 4.58. The Morgan fingerprint density at radius 3 is 2.29 bits per heavy atom. The first-order valence-electron chi connectivity index (χ1n) is 12.9. The monoisotopic (exact) mass is 529 g/mol. The molecule has 2 aliphatic rings. The van der Waals surface area contributed by atoms with Crippen molar-refractivity contribution in [2.24, 2.45) is 0 Å². The molecule has 0 unspecified atom stereocenters. The first-order chi connectivity index (χ1) is 16.4. The van der Waals surface area contributed by atoms with Gasteiger partial charge in [-0.25, -0.2) is 4.79 Å². The van der Waals surface area contributed by atoms with E-state index in [1.807, 2.05) is 0 Å². The molecule has 0 saturated carbocycles. The lowest BCUT2D eigenvalue weighted by molar-refractivity contribution is -0.139. The second-order valence-electron chi connectivity index (χ2n) is 11.4.